The summed E-state index contributed by atoms with van der Waals surface area (Å²) < 4.78 is 0. The topological polar surface area (TPSA) is 41.1 Å². The largest absolute Gasteiger partial charge is 0.376 e. The van der Waals surface area contributed by atoms with Crippen molar-refractivity contribution in [3.63, 3.8) is 0 Å². The Morgan fingerprint density at radius 1 is 0.944 bits per heavy atom. The number of benzene rings is 2. The zero-order valence-corrected chi connectivity index (χ0v) is 10.4. The van der Waals surface area contributed by atoms with Gasteiger partial charge in [0.15, 0.2) is 0 Å². The number of amides is 1. The van der Waals surface area contributed by atoms with Gasteiger partial charge in [0.25, 0.3) is 0 Å². The Balaban J connectivity index is 1.83. The molecule has 0 unspecified atom stereocenters. The maximum absolute atomic E-state index is 11.7. The summed E-state index contributed by atoms with van der Waals surface area (Å²) in [4.78, 5) is 11.7. The molecule has 0 atom stereocenters. The summed E-state index contributed by atoms with van der Waals surface area (Å²) in [5.41, 5.74) is 1.66. The second-order valence-electron chi connectivity index (χ2n) is 3.77. The van der Waals surface area contributed by atoms with E-state index in [0.717, 1.165) is 11.4 Å². The first-order valence-electron chi connectivity index (χ1n) is 5.58. The van der Waals surface area contributed by atoms with E-state index >= 15 is 0 Å². The van der Waals surface area contributed by atoms with Gasteiger partial charge in [-0.05, 0) is 36.4 Å². The highest BCUT2D eigenvalue weighted by atomic mass is 35.5. The molecule has 0 spiro atoms. The van der Waals surface area contributed by atoms with Gasteiger partial charge < -0.3 is 10.6 Å². The molecule has 2 aromatic rings. The second-order valence-corrected chi connectivity index (χ2v) is 4.21. The second kappa shape index (κ2) is 6.07. The van der Waals surface area contributed by atoms with Crippen molar-refractivity contribution in [3.8, 4) is 0 Å². The highest BCUT2D eigenvalue weighted by molar-refractivity contribution is 6.30. The van der Waals surface area contributed by atoms with E-state index in [1.807, 2.05) is 42.5 Å². The van der Waals surface area contributed by atoms with E-state index in [2.05, 4.69) is 10.6 Å². The van der Waals surface area contributed by atoms with Gasteiger partial charge >= 0.3 is 0 Å². The molecule has 2 rings (SSSR count). The molecule has 2 aromatic carbocycles. The molecule has 1 amide bonds. The Morgan fingerprint density at radius 2 is 1.61 bits per heavy atom. The van der Waals surface area contributed by atoms with Crippen LogP contribution in [-0.4, -0.2) is 12.5 Å². The van der Waals surface area contributed by atoms with Crippen molar-refractivity contribution in [3.05, 3.63) is 59.6 Å². The number of anilines is 2. The van der Waals surface area contributed by atoms with Gasteiger partial charge in [0.05, 0.1) is 6.54 Å². The number of hydrogen-bond acceptors (Lipinski definition) is 2. The van der Waals surface area contributed by atoms with Crippen LogP contribution >= 0.6 is 11.6 Å². The summed E-state index contributed by atoms with van der Waals surface area (Å²) in [6.07, 6.45) is 0. The maximum Gasteiger partial charge on any atom is 0.243 e. The van der Waals surface area contributed by atoms with Gasteiger partial charge in [-0.3, -0.25) is 4.79 Å². The molecule has 0 aromatic heterocycles. The minimum atomic E-state index is -0.0869. The molecule has 0 saturated heterocycles. The number of carbonyl (C=O) groups excluding carboxylic acids is 1. The maximum atomic E-state index is 11.7. The molecule has 0 heterocycles. The lowest BCUT2D eigenvalue weighted by molar-refractivity contribution is -0.114. The first kappa shape index (κ1) is 12.5. The third kappa shape index (κ3) is 3.79. The molecule has 4 heteroatoms. The average Bonchev–Trinajstić information content (AvgIpc) is 2.39. The Hall–Kier alpha value is -2.00. The van der Waals surface area contributed by atoms with Crippen molar-refractivity contribution >= 4 is 28.9 Å². The fourth-order valence-electron chi connectivity index (χ4n) is 1.48. The van der Waals surface area contributed by atoms with Gasteiger partial charge in [-0.1, -0.05) is 29.8 Å². The number of rotatable bonds is 4. The SMILES string of the molecule is O=C(CNc1ccc(Cl)cc1)Nc1ccccc1. The molecule has 0 radical (unpaired) electrons. The van der Waals surface area contributed by atoms with Crippen molar-refractivity contribution in [2.45, 2.75) is 0 Å². The van der Waals surface area contributed by atoms with Gasteiger partial charge in [0, 0.05) is 16.4 Å². The Morgan fingerprint density at radius 3 is 2.28 bits per heavy atom. The van der Waals surface area contributed by atoms with Gasteiger partial charge in [0.1, 0.15) is 0 Å². The molecule has 0 bridgehead atoms. The van der Waals surface area contributed by atoms with Crippen LogP contribution in [0.25, 0.3) is 0 Å². The van der Waals surface area contributed by atoms with E-state index < -0.39 is 0 Å². The Labute approximate surface area is 111 Å². The van der Waals surface area contributed by atoms with Crippen molar-refractivity contribution in [1.82, 2.24) is 0 Å². The highest BCUT2D eigenvalue weighted by Gasteiger charge is 2.01. The van der Waals surface area contributed by atoms with E-state index in [4.69, 9.17) is 11.6 Å². The summed E-state index contributed by atoms with van der Waals surface area (Å²) in [7, 11) is 0. The quantitative estimate of drug-likeness (QED) is 0.885. The molecule has 0 saturated carbocycles. The number of hydrogen-bond donors (Lipinski definition) is 2. The third-order valence-electron chi connectivity index (χ3n) is 2.35. The van der Waals surface area contributed by atoms with E-state index in [-0.39, 0.29) is 12.5 Å². The van der Waals surface area contributed by atoms with Crippen LogP contribution in [0.2, 0.25) is 5.02 Å². The number of nitrogens with one attached hydrogen (secondary N) is 2. The lowest BCUT2D eigenvalue weighted by atomic mass is 10.3. The monoisotopic (exact) mass is 260 g/mol. The van der Waals surface area contributed by atoms with Crippen molar-refractivity contribution < 1.29 is 4.79 Å². The highest BCUT2D eigenvalue weighted by Crippen LogP contribution is 2.13. The van der Waals surface area contributed by atoms with Gasteiger partial charge in [0.2, 0.25) is 5.91 Å². The van der Waals surface area contributed by atoms with Crippen LogP contribution in [-0.2, 0) is 4.79 Å². The summed E-state index contributed by atoms with van der Waals surface area (Å²) in [5, 5.41) is 6.49. The van der Waals surface area contributed by atoms with Crippen molar-refractivity contribution in [2.24, 2.45) is 0 Å². The standard InChI is InChI=1S/C14H13ClN2O/c15-11-6-8-12(9-7-11)16-10-14(18)17-13-4-2-1-3-5-13/h1-9,16H,10H2,(H,17,18). The normalized spacial score (nSPS) is 9.83. The van der Waals surface area contributed by atoms with Crippen LogP contribution in [0.15, 0.2) is 54.6 Å². The first-order valence-corrected chi connectivity index (χ1v) is 5.96. The predicted molar refractivity (Wildman–Crippen MR) is 75.0 cm³/mol. The van der Waals surface area contributed by atoms with Gasteiger partial charge in [-0.2, -0.15) is 0 Å². The molecule has 18 heavy (non-hydrogen) atoms. The summed E-state index contributed by atoms with van der Waals surface area (Å²) >= 11 is 5.77. The summed E-state index contributed by atoms with van der Waals surface area (Å²) in [6, 6.07) is 16.6. The van der Waals surface area contributed by atoms with E-state index in [1.54, 1.807) is 12.1 Å². The fourth-order valence-corrected chi connectivity index (χ4v) is 1.60. The van der Waals surface area contributed by atoms with Crippen LogP contribution < -0.4 is 10.6 Å². The molecule has 2 N–H and O–H groups in total. The van der Waals surface area contributed by atoms with Gasteiger partial charge in [-0.25, -0.2) is 0 Å². The van der Waals surface area contributed by atoms with E-state index in [0.29, 0.717) is 5.02 Å². The van der Waals surface area contributed by atoms with Crippen LogP contribution in [0.1, 0.15) is 0 Å². The summed E-state index contributed by atoms with van der Waals surface area (Å²) in [6.45, 7) is 0.219. The molecule has 0 aliphatic rings. The molecule has 0 fully saturated rings. The molecular formula is C14H13ClN2O. The van der Waals surface area contributed by atoms with Crippen molar-refractivity contribution in [1.29, 1.82) is 0 Å². The molecule has 0 aliphatic carbocycles. The zero-order valence-electron chi connectivity index (χ0n) is 9.69. The molecule has 92 valence electrons. The van der Waals surface area contributed by atoms with Crippen LogP contribution in [0.3, 0.4) is 0 Å². The van der Waals surface area contributed by atoms with Crippen LogP contribution in [0, 0.1) is 0 Å². The van der Waals surface area contributed by atoms with Crippen LogP contribution in [0.5, 0.6) is 0 Å². The summed E-state index contributed by atoms with van der Waals surface area (Å²) in [5.74, 6) is -0.0869. The van der Waals surface area contributed by atoms with Crippen LogP contribution in [0.4, 0.5) is 11.4 Å². The minimum absolute atomic E-state index is 0.0869. The molecular weight excluding hydrogens is 248 g/mol. The van der Waals surface area contributed by atoms with Gasteiger partial charge in [-0.15, -0.1) is 0 Å². The Kier molecular flexibility index (Phi) is 4.20. The van der Waals surface area contributed by atoms with E-state index in [1.165, 1.54) is 0 Å². The lowest BCUT2D eigenvalue weighted by Gasteiger charge is -2.07. The minimum Gasteiger partial charge on any atom is -0.376 e. The number of halogens is 1. The molecule has 3 nitrogen and oxygen atoms in total. The smallest absolute Gasteiger partial charge is 0.243 e. The zero-order chi connectivity index (χ0) is 12.8. The average molecular weight is 261 g/mol. The number of para-hydroxylation sites is 1. The van der Waals surface area contributed by atoms with E-state index in [9.17, 15) is 4.79 Å². The first-order chi connectivity index (χ1) is 8.74. The molecule has 0 aliphatic heterocycles. The lowest BCUT2D eigenvalue weighted by Crippen LogP contribution is -2.21. The Bertz CT molecular complexity index is 511. The third-order valence-corrected chi connectivity index (χ3v) is 2.61. The number of carbonyl (C=O) groups is 1. The predicted octanol–water partition coefficient (Wildman–Crippen LogP) is 3.39. The fraction of sp³-hybridized carbons (Fsp3) is 0.0714. The van der Waals surface area contributed by atoms with Crippen molar-refractivity contribution in [2.75, 3.05) is 17.2 Å².